The van der Waals surface area contributed by atoms with Gasteiger partial charge in [0.2, 0.25) is 11.6 Å². The number of thioether (sulfide) groups is 1. The monoisotopic (exact) mass is 160 g/mol. The minimum absolute atomic E-state index is 0.189. The first-order valence-corrected chi connectivity index (χ1v) is 3.75. The zero-order chi connectivity index (χ0) is 6.69. The van der Waals surface area contributed by atoms with Crippen LogP contribution in [0.5, 0.6) is 0 Å². The second-order valence-electron chi connectivity index (χ2n) is 1.19. The van der Waals surface area contributed by atoms with E-state index in [1.165, 1.54) is 11.8 Å². The molecule has 0 aliphatic carbocycles. The molecule has 5 heteroatoms. The molecule has 9 heavy (non-hydrogen) atoms. The molecule has 1 radical (unpaired) electrons. The molecule has 0 fully saturated rings. The summed E-state index contributed by atoms with van der Waals surface area (Å²) < 4.78 is 0. The summed E-state index contributed by atoms with van der Waals surface area (Å²) in [6, 6.07) is 0. The largest absolute Gasteiger partial charge is 0.227 e. The molecule has 0 saturated heterocycles. The maximum absolute atomic E-state index is 5.42. The highest BCUT2D eigenvalue weighted by Gasteiger charge is 1.93. The third-order valence-electron chi connectivity index (χ3n) is 0.658. The van der Waals surface area contributed by atoms with E-state index in [4.69, 9.17) is 11.6 Å². The van der Waals surface area contributed by atoms with E-state index < -0.39 is 0 Å². The second kappa shape index (κ2) is 2.98. The highest BCUT2D eigenvalue weighted by atomic mass is 35.5. The topological polar surface area (TPSA) is 38.7 Å². The molecule has 0 aliphatic rings. The molecule has 0 aliphatic heterocycles. The van der Waals surface area contributed by atoms with Crippen LogP contribution in [0.1, 0.15) is 0 Å². The molecule has 0 N–H and O–H groups in total. The third kappa shape index (κ3) is 1.80. The molecule has 0 bridgehead atoms. The van der Waals surface area contributed by atoms with Gasteiger partial charge in [-0.2, -0.15) is 15.0 Å². The van der Waals surface area contributed by atoms with Gasteiger partial charge in [0.25, 0.3) is 0 Å². The fraction of sp³-hybridized carbons (Fsp3) is 0.250. The van der Waals surface area contributed by atoms with Crippen LogP contribution >= 0.6 is 23.4 Å². The van der Waals surface area contributed by atoms with Crippen LogP contribution in [0.3, 0.4) is 0 Å². The molecule has 0 spiro atoms. The Morgan fingerprint density at radius 3 is 2.78 bits per heavy atom. The van der Waals surface area contributed by atoms with Crippen molar-refractivity contribution in [2.45, 2.75) is 5.16 Å². The van der Waals surface area contributed by atoms with Gasteiger partial charge in [0.05, 0.1) is 0 Å². The van der Waals surface area contributed by atoms with Crippen molar-refractivity contribution in [3.8, 4) is 0 Å². The molecular formula is C4H3ClN3S. The first-order chi connectivity index (χ1) is 4.33. The first-order valence-electron chi connectivity index (χ1n) is 2.14. The van der Waals surface area contributed by atoms with Crippen LogP contribution in [0.15, 0.2) is 5.16 Å². The Balaban J connectivity index is 2.94. The van der Waals surface area contributed by atoms with Crippen LogP contribution in [0.4, 0.5) is 0 Å². The summed E-state index contributed by atoms with van der Waals surface area (Å²) in [5.41, 5.74) is 0. The minimum atomic E-state index is 0.189. The molecule has 0 saturated carbocycles. The molecule has 1 heterocycles. The maximum Gasteiger partial charge on any atom is 0.227 e. The summed E-state index contributed by atoms with van der Waals surface area (Å²) in [5, 5.41) is 0.782. The second-order valence-corrected chi connectivity index (χ2v) is 2.30. The van der Waals surface area contributed by atoms with Crippen LogP contribution in [0.2, 0.25) is 5.28 Å². The van der Waals surface area contributed by atoms with Crippen molar-refractivity contribution in [1.29, 1.82) is 0 Å². The Morgan fingerprint density at radius 1 is 1.56 bits per heavy atom. The summed E-state index contributed by atoms with van der Waals surface area (Å²) in [4.78, 5) is 10.9. The van der Waals surface area contributed by atoms with Gasteiger partial charge in [-0.05, 0) is 17.9 Å². The lowest BCUT2D eigenvalue weighted by molar-refractivity contribution is 0.896. The summed E-state index contributed by atoms with van der Waals surface area (Å²) >= 11 is 6.82. The van der Waals surface area contributed by atoms with Crippen LogP contribution in [0, 0.1) is 6.33 Å². The maximum atomic E-state index is 5.42. The van der Waals surface area contributed by atoms with Gasteiger partial charge < -0.3 is 0 Å². The van der Waals surface area contributed by atoms with E-state index in [0.717, 1.165) is 0 Å². The summed E-state index contributed by atoms with van der Waals surface area (Å²) in [7, 11) is 0. The Labute approximate surface area is 61.9 Å². The lowest BCUT2D eigenvalue weighted by Crippen LogP contribution is -1.87. The van der Waals surface area contributed by atoms with E-state index in [-0.39, 0.29) is 5.28 Å². The standard InChI is InChI=1S/C4H3ClN3S/c1-9-4-7-2-6-3(5)8-4/h1H3. The average molecular weight is 161 g/mol. The Hall–Kier alpha value is -0.350. The molecule has 0 aromatic carbocycles. The molecular weight excluding hydrogens is 158 g/mol. The van der Waals surface area contributed by atoms with E-state index in [1.54, 1.807) is 0 Å². The van der Waals surface area contributed by atoms with Gasteiger partial charge in [0.1, 0.15) is 0 Å². The quantitative estimate of drug-likeness (QED) is 0.576. The number of nitrogens with zero attached hydrogens (tertiary/aromatic N) is 3. The van der Waals surface area contributed by atoms with Gasteiger partial charge in [0, 0.05) is 0 Å². The minimum Gasteiger partial charge on any atom is -0.199 e. The van der Waals surface area contributed by atoms with Gasteiger partial charge in [0.15, 0.2) is 5.16 Å². The number of aromatic nitrogens is 3. The predicted molar refractivity (Wildman–Crippen MR) is 35.5 cm³/mol. The van der Waals surface area contributed by atoms with Gasteiger partial charge in [-0.15, -0.1) is 0 Å². The van der Waals surface area contributed by atoms with Crippen molar-refractivity contribution < 1.29 is 0 Å². The summed E-state index contributed by atoms with van der Waals surface area (Å²) in [6.45, 7) is 0. The van der Waals surface area contributed by atoms with Crippen LogP contribution in [-0.2, 0) is 0 Å². The number of hydrogen-bond acceptors (Lipinski definition) is 4. The number of rotatable bonds is 1. The zero-order valence-corrected chi connectivity index (χ0v) is 6.20. The molecule has 47 valence electrons. The van der Waals surface area contributed by atoms with Crippen molar-refractivity contribution >= 4 is 23.4 Å². The van der Waals surface area contributed by atoms with Crippen molar-refractivity contribution in [3.05, 3.63) is 11.6 Å². The Kier molecular flexibility index (Phi) is 2.24. The van der Waals surface area contributed by atoms with E-state index in [0.29, 0.717) is 5.16 Å². The highest BCUT2D eigenvalue weighted by Crippen LogP contribution is 2.07. The zero-order valence-electron chi connectivity index (χ0n) is 4.63. The lowest BCUT2D eigenvalue weighted by atomic mass is 11.1. The van der Waals surface area contributed by atoms with Gasteiger partial charge >= 0.3 is 0 Å². The summed E-state index contributed by atoms with van der Waals surface area (Å²) in [6.07, 6.45) is 4.23. The SMILES string of the molecule is CSc1n[c]nc(Cl)n1. The van der Waals surface area contributed by atoms with Gasteiger partial charge in [-0.3, -0.25) is 0 Å². The van der Waals surface area contributed by atoms with Crippen molar-refractivity contribution in [2.24, 2.45) is 0 Å². The highest BCUT2D eigenvalue weighted by molar-refractivity contribution is 7.98. The Bertz CT molecular complexity index is 205. The summed E-state index contributed by atoms with van der Waals surface area (Å²) in [5.74, 6) is 0. The molecule has 1 aromatic rings. The van der Waals surface area contributed by atoms with Crippen molar-refractivity contribution in [3.63, 3.8) is 0 Å². The van der Waals surface area contributed by atoms with Gasteiger partial charge in [-0.25, -0.2) is 0 Å². The molecule has 3 nitrogen and oxygen atoms in total. The molecule has 0 amide bonds. The predicted octanol–water partition coefficient (Wildman–Crippen LogP) is 1.05. The van der Waals surface area contributed by atoms with Crippen molar-refractivity contribution in [2.75, 3.05) is 6.26 Å². The van der Waals surface area contributed by atoms with Crippen LogP contribution in [-0.4, -0.2) is 21.2 Å². The third-order valence-corrected chi connectivity index (χ3v) is 1.38. The fourth-order valence-corrected chi connectivity index (χ4v) is 0.807. The van der Waals surface area contributed by atoms with Crippen LogP contribution in [0.25, 0.3) is 0 Å². The molecule has 1 aromatic heterocycles. The van der Waals surface area contributed by atoms with Gasteiger partial charge in [-0.1, -0.05) is 11.8 Å². The number of hydrogen-bond donors (Lipinski definition) is 0. The normalized spacial score (nSPS) is 9.56. The van der Waals surface area contributed by atoms with Crippen LogP contribution < -0.4 is 0 Å². The average Bonchev–Trinajstić information content (AvgIpc) is 1.88. The van der Waals surface area contributed by atoms with E-state index in [2.05, 4.69) is 21.3 Å². The van der Waals surface area contributed by atoms with E-state index in [9.17, 15) is 0 Å². The van der Waals surface area contributed by atoms with E-state index in [1.807, 2.05) is 6.26 Å². The first kappa shape index (κ1) is 6.77. The molecule has 1 rings (SSSR count). The van der Waals surface area contributed by atoms with Crippen molar-refractivity contribution in [1.82, 2.24) is 15.0 Å². The molecule has 0 unspecified atom stereocenters. The number of halogens is 1. The fourth-order valence-electron chi connectivity index (χ4n) is 0.329. The Morgan fingerprint density at radius 2 is 2.33 bits per heavy atom. The molecule has 0 atom stereocenters. The lowest BCUT2D eigenvalue weighted by Gasteiger charge is -1.89. The smallest absolute Gasteiger partial charge is 0.199 e. The van der Waals surface area contributed by atoms with E-state index >= 15 is 0 Å².